The Balaban J connectivity index is 1.77. The molecule has 35 heavy (non-hydrogen) atoms. The summed E-state index contributed by atoms with van der Waals surface area (Å²) < 4.78 is 40.9. The van der Waals surface area contributed by atoms with Gasteiger partial charge in [-0.3, -0.25) is 9.59 Å². The van der Waals surface area contributed by atoms with Crippen molar-refractivity contribution in [2.24, 2.45) is 0 Å². The van der Waals surface area contributed by atoms with Crippen LogP contribution < -0.4 is 15.4 Å². The van der Waals surface area contributed by atoms with Gasteiger partial charge in [-0.2, -0.15) is 0 Å². The molecule has 0 heterocycles. The lowest BCUT2D eigenvalue weighted by molar-refractivity contribution is -0.118. The molecule has 0 bridgehead atoms. The Morgan fingerprint density at radius 2 is 1.49 bits per heavy atom. The van der Waals surface area contributed by atoms with E-state index in [-0.39, 0.29) is 11.3 Å². The standard InChI is InChI=1S/C26H28FN3O4S/c1-26(2,3)30-35(33,34)22-15-13-21(14-16-22)28-25(32)23(17-18-9-11-20(27)12-10-18)29-24(31)19-7-5-4-6-8-19/h4-16,23,30H,17H2,1-3H3,(H,28,32)(H,29,31). The molecule has 0 aromatic heterocycles. The summed E-state index contributed by atoms with van der Waals surface area (Å²) in [5.41, 5.74) is 0.777. The molecular formula is C26H28FN3O4S. The van der Waals surface area contributed by atoms with Crippen molar-refractivity contribution in [1.82, 2.24) is 10.0 Å². The summed E-state index contributed by atoms with van der Waals surface area (Å²) >= 11 is 0. The molecule has 0 aliphatic carbocycles. The van der Waals surface area contributed by atoms with Crippen molar-refractivity contribution < 1.29 is 22.4 Å². The number of hydrogen-bond acceptors (Lipinski definition) is 4. The smallest absolute Gasteiger partial charge is 0.251 e. The number of hydrogen-bond donors (Lipinski definition) is 3. The predicted molar refractivity (Wildman–Crippen MR) is 133 cm³/mol. The van der Waals surface area contributed by atoms with Gasteiger partial charge in [0, 0.05) is 23.2 Å². The van der Waals surface area contributed by atoms with Crippen LogP contribution in [0.4, 0.5) is 10.1 Å². The zero-order chi connectivity index (χ0) is 25.6. The van der Waals surface area contributed by atoms with Crippen molar-refractivity contribution >= 4 is 27.5 Å². The first-order valence-corrected chi connectivity index (χ1v) is 12.5. The fraction of sp³-hybridized carbons (Fsp3) is 0.231. The zero-order valence-electron chi connectivity index (χ0n) is 19.7. The Hall–Kier alpha value is -3.56. The maximum atomic E-state index is 13.3. The van der Waals surface area contributed by atoms with E-state index in [9.17, 15) is 22.4 Å². The van der Waals surface area contributed by atoms with E-state index >= 15 is 0 Å². The largest absolute Gasteiger partial charge is 0.340 e. The molecule has 1 atom stereocenters. The van der Waals surface area contributed by atoms with Gasteiger partial charge in [-0.25, -0.2) is 17.5 Å². The lowest BCUT2D eigenvalue weighted by Crippen LogP contribution is -2.45. The highest BCUT2D eigenvalue weighted by Crippen LogP contribution is 2.17. The molecule has 0 radical (unpaired) electrons. The lowest BCUT2D eigenvalue weighted by Gasteiger charge is -2.21. The maximum Gasteiger partial charge on any atom is 0.251 e. The molecule has 3 N–H and O–H groups in total. The Bertz CT molecular complexity index is 1270. The third kappa shape index (κ3) is 7.73. The van der Waals surface area contributed by atoms with Crippen LogP contribution in [0, 0.1) is 5.82 Å². The SMILES string of the molecule is CC(C)(C)NS(=O)(=O)c1ccc(NC(=O)C(Cc2ccc(F)cc2)NC(=O)c2ccccc2)cc1. The molecule has 0 spiro atoms. The highest BCUT2D eigenvalue weighted by molar-refractivity contribution is 7.89. The molecule has 1 unspecified atom stereocenters. The maximum absolute atomic E-state index is 13.3. The number of amides is 2. The Morgan fingerprint density at radius 1 is 0.886 bits per heavy atom. The molecule has 9 heteroatoms. The van der Waals surface area contributed by atoms with E-state index in [1.165, 1.54) is 36.4 Å². The Labute approximate surface area is 204 Å². The fourth-order valence-corrected chi connectivity index (χ4v) is 4.72. The average Bonchev–Trinajstić information content (AvgIpc) is 2.79. The molecule has 184 valence electrons. The van der Waals surface area contributed by atoms with Crippen LogP contribution in [0.5, 0.6) is 0 Å². The summed E-state index contributed by atoms with van der Waals surface area (Å²) in [6.45, 7) is 5.22. The quantitative estimate of drug-likeness (QED) is 0.439. The summed E-state index contributed by atoms with van der Waals surface area (Å²) in [6, 6.07) is 18.9. The van der Waals surface area contributed by atoms with Crippen LogP contribution in [0.2, 0.25) is 0 Å². The second kappa shape index (κ2) is 10.8. The summed E-state index contributed by atoms with van der Waals surface area (Å²) in [6.07, 6.45) is 0.132. The van der Waals surface area contributed by atoms with E-state index in [0.29, 0.717) is 16.8 Å². The molecule has 0 saturated carbocycles. The number of sulfonamides is 1. The van der Waals surface area contributed by atoms with Gasteiger partial charge < -0.3 is 10.6 Å². The number of benzene rings is 3. The van der Waals surface area contributed by atoms with Crippen LogP contribution in [0.25, 0.3) is 0 Å². The van der Waals surface area contributed by atoms with Crippen molar-refractivity contribution in [2.45, 2.75) is 43.7 Å². The van der Waals surface area contributed by atoms with E-state index < -0.39 is 39.2 Å². The van der Waals surface area contributed by atoms with Crippen molar-refractivity contribution in [3.05, 3.63) is 95.8 Å². The van der Waals surface area contributed by atoms with Gasteiger partial charge in [-0.1, -0.05) is 30.3 Å². The minimum atomic E-state index is -3.72. The highest BCUT2D eigenvalue weighted by Gasteiger charge is 2.24. The van der Waals surface area contributed by atoms with Crippen molar-refractivity contribution in [3.63, 3.8) is 0 Å². The summed E-state index contributed by atoms with van der Waals surface area (Å²) in [4.78, 5) is 25.9. The third-order valence-electron chi connectivity index (χ3n) is 4.88. The van der Waals surface area contributed by atoms with E-state index in [1.807, 2.05) is 0 Å². The molecule has 0 saturated heterocycles. The van der Waals surface area contributed by atoms with Crippen molar-refractivity contribution in [1.29, 1.82) is 0 Å². The van der Waals surface area contributed by atoms with Gasteiger partial charge in [0.15, 0.2) is 0 Å². The first kappa shape index (κ1) is 26.1. The van der Waals surface area contributed by atoms with E-state index in [4.69, 9.17) is 0 Å². The number of carbonyl (C=O) groups is 2. The van der Waals surface area contributed by atoms with Gasteiger partial charge in [0.2, 0.25) is 15.9 Å². The predicted octanol–water partition coefficient (Wildman–Crippen LogP) is 3.88. The molecule has 3 aromatic rings. The highest BCUT2D eigenvalue weighted by atomic mass is 32.2. The molecular weight excluding hydrogens is 469 g/mol. The van der Waals surface area contributed by atoms with Gasteiger partial charge in [0.05, 0.1) is 4.90 Å². The van der Waals surface area contributed by atoms with Gasteiger partial charge in [-0.15, -0.1) is 0 Å². The van der Waals surface area contributed by atoms with Crippen LogP contribution in [0.3, 0.4) is 0 Å². The van der Waals surface area contributed by atoms with E-state index in [0.717, 1.165) is 0 Å². The molecule has 3 rings (SSSR count). The van der Waals surface area contributed by atoms with Crippen LogP contribution in [0.1, 0.15) is 36.7 Å². The number of carbonyl (C=O) groups excluding carboxylic acids is 2. The molecule has 0 fully saturated rings. The van der Waals surface area contributed by atoms with Gasteiger partial charge in [0.1, 0.15) is 11.9 Å². The summed E-state index contributed by atoms with van der Waals surface area (Å²) in [5.74, 6) is -1.33. The number of nitrogens with one attached hydrogen (secondary N) is 3. The molecule has 2 amide bonds. The summed E-state index contributed by atoms with van der Waals surface area (Å²) in [5, 5.41) is 5.44. The van der Waals surface area contributed by atoms with Crippen LogP contribution in [0.15, 0.2) is 83.8 Å². The molecule has 0 aliphatic rings. The zero-order valence-corrected chi connectivity index (χ0v) is 20.5. The average molecular weight is 498 g/mol. The normalized spacial score (nSPS) is 12.6. The van der Waals surface area contributed by atoms with E-state index in [1.54, 1.807) is 63.2 Å². The Kier molecular flexibility index (Phi) is 8.03. The molecule has 7 nitrogen and oxygen atoms in total. The van der Waals surface area contributed by atoms with Crippen molar-refractivity contribution in [3.8, 4) is 0 Å². The lowest BCUT2D eigenvalue weighted by atomic mass is 10.0. The first-order chi connectivity index (χ1) is 16.4. The first-order valence-electron chi connectivity index (χ1n) is 11.0. The fourth-order valence-electron chi connectivity index (χ4n) is 3.31. The summed E-state index contributed by atoms with van der Waals surface area (Å²) in [7, 11) is -3.72. The monoisotopic (exact) mass is 497 g/mol. The second-order valence-corrected chi connectivity index (χ2v) is 10.8. The molecule has 0 aliphatic heterocycles. The topological polar surface area (TPSA) is 104 Å². The Morgan fingerprint density at radius 3 is 2.06 bits per heavy atom. The van der Waals surface area contributed by atoms with Gasteiger partial charge in [-0.05, 0) is 74.9 Å². The minimum absolute atomic E-state index is 0.0608. The molecule has 3 aromatic carbocycles. The van der Waals surface area contributed by atoms with Crippen molar-refractivity contribution in [2.75, 3.05) is 5.32 Å². The number of rotatable bonds is 8. The third-order valence-corrected chi connectivity index (χ3v) is 6.66. The van der Waals surface area contributed by atoms with Crippen LogP contribution >= 0.6 is 0 Å². The van der Waals surface area contributed by atoms with Gasteiger partial charge in [0.25, 0.3) is 5.91 Å². The number of halogens is 1. The van der Waals surface area contributed by atoms with Gasteiger partial charge >= 0.3 is 0 Å². The number of anilines is 1. The van der Waals surface area contributed by atoms with E-state index in [2.05, 4.69) is 15.4 Å². The minimum Gasteiger partial charge on any atom is -0.340 e. The second-order valence-electron chi connectivity index (χ2n) is 9.09. The van der Waals surface area contributed by atoms with Crippen LogP contribution in [-0.4, -0.2) is 31.8 Å². The van der Waals surface area contributed by atoms with Crippen LogP contribution in [-0.2, 0) is 21.2 Å².